The third-order valence-corrected chi connectivity index (χ3v) is 3.70. The Bertz CT molecular complexity index is 646. The Morgan fingerprint density at radius 1 is 1.26 bits per heavy atom. The van der Waals surface area contributed by atoms with Crippen molar-refractivity contribution >= 4 is 11.6 Å². The number of carbonyl (C=O) groups excluding carboxylic acids is 1. The van der Waals surface area contributed by atoms with Gasteiger partial charge in [0, 0.05) is 18.0 Å². The molecule has 1 aliphatic heterocycles. The highest BCUT2D eigenvalue weighted by Crippen LogP contribution is 2.40. The van der Waals surface area contributed by atoms with E-state index in [4.69, 9.17) is 4.52 Å². The number of nitrogens with zero attached hydrogens (tertiary/aromatic N) is 2. The smallest absolute Gasteiger partial charge is 0.234 e. The Kier molecular flexibility index (Phi) is 2.21. The Morgan fingerprint density at radius 2 is 2.11 bits per heavy atom. The van der Waals surface area contributed by atoms with E-state index in [9.17, 15) is 4.79 Å². The molecule has 0 bridgehead atoms. The topological polar surface area (TPSA) is 68.0 Å². The largest absolute Gasteiger partial charge is 0.339 e. The van der Waals surface area contributed by atoms with Crippen molar-refractivity contribution in [3.8, 4) is 0 Å². The molecule has 0 radical (unpaired) electrons. The van der Waals surface area contributed by atoms with Crippen LogP contribution in [0.15, 0.2) is 28.8 Å². The lowest BCUT2D eigenvalue weighted by Gasteiger charge is -2.22. The van der Waals surface area contributed by atoms with Crippen molar-refractivity contribution in [2.75, 3.05) is 5.32 Å². The van der Waals surface area contributed by atoms with Gasteiger partial charge in [-0.1, -0.05) is 23.4 Å². The summed E-state index contributed by atoms with van der Waals surface area (Å²) in [5, 5.41) is 6.91. The number of aromatic nitrogens is 2. The quantitative estimate of drug-likeness (QED) is 0.894. The molecule has 1 saturated carbocycles. The minimum Gasteiger partial charge on any atom is -0.339 e. The third-order valence-electron chi connectivity index (χ3n) is 3.70. The van der Waals surface area contributed by atoms with Gasteiger partial charge in [0.15, 0.2) is 5.82 Å². The molecule has 1 aliphatic carbocycles. The number of para-hydroxylation sites is 1. The highest BCUT2D eigenvalue weighted by Gasteiger charge is 2.33. The third kappa shape index (κ3) is 1.82. The molecule has 5 nitrogen and oxygen atoms in total. The Balaban J connectivity index is 1.75. The first-order chi connectivity index (χ1) is 9.31. The fraction of sp³-hybridized carbons (Fsp3) is 0.357. The summed E-state index contributed by atoms with van der Waals surface area (Å²) in [5.74, 6) is 1.69. The van der Waals surface area contributed by atoms with E-state index in [1.807, 2.05) is 24.3 Å². The predicted octanol–water partition coefficient (Wildman–Crippen LogP) is 2.42. The number of rotatable bonds is 2. The summed E-state index contributed by atoms with van der Waals surface area (Å²) in [6, 6.07) is 7.77. The molecule has 5 heteroatoms. The average molecular weight is 255 g/mol. The van der Waals surface area contributed by atoms with Crippen LogP contribution in [-0.4, -0.2) is 16.0 Å². The van der Waals surface area contributed by atoms with Gasteiger partial charge in [-0.05, 0) is 24.5 Å². The highest BCUT2D eigenvalue weighted by molar-refractivity contribution is 5.95. The first-order valence-corrected chi connectivity index (χ1v) is 6.53. The number of anilines is 1. The van der Waals surface area contributed by atoms with Crippen LogP contribution in [0, 0.1) is 0 Å². The maximum absolute atomic E-state index is 11.8. The van der Waals surface area contributed by atoms with Gasteiger partial charge in [0.1, 0.15) is 0 Å². The van der Waals surface area contributed by atoms with Crippen molar-refractivity contribution in [2.24, 2.45) is 0 Å². The van der Waals surface area contributed by atoms with Gasteiger partial charge in [-0.25, -0.2) is 0 Å². The lowest BCUT2D eigenvalue weighted by atomic mass is 9.90. The van der Waals surface area contributed by atoms with Gasteiger partial charge in [0.25, 0.3) is 0 Å². The summed E-state index contributed by atoms with van der Waals surface area (Å²) in [6.07, 6.45) is 2.64. The van der Waals surface area contributed by atoms with Crippen molar-refractivity contribution in [3.05, 3.63) is 41.5 Å². The predicted molar refractivity (Wildman–Crippen MR) is 67.8 cm³/mol. The van der Waals surface area contributed by atoms with E-state index < -0.39 is 0 Å². The molecule has 1 aromatic carbocycles. The molecule has 0 saturated heterocycles. The zero-order valence-electron chi connectivity index (χ0n) is 10.3. The van der Waals surface area contributed by atoms with Crippen molar-refractivity contribution in [2.45, 2.75) is 31.1 Å². The van der Waals surface area contributed by atoms with Gasteiger partial charge in [-0.15, -0.1) is 0 Å². The normalized spacial score (nSPS) is 21.9. The van der Waals surface area contributed by atoms with Gasteiger partial charge in [0.05, 0.1) is 5.92 Å². The molecule has 1 fully saturated rings. The molecular formula is C14H13N3O2. The zero-order chi connectivity index (χ0) is 12.8. The molecule has 2 aliphatic rings. The van der Waals surface area contributed by atoms with E-state index >= 15 is 0 Å². The van der Waals surface area contributed by atoms with Crippen LogP contribution in [0.1, 0.15) is 48.4 Å². The van der Waals surface area contributed by atoms with Crippen LogP contribution >= 0.6 is 0 Å². The molecule has 1 amide bonds. The Labute approximate surface area is 110 Å². The fourth-order valence-corrected chi connectivity index (χ4v) is 2.53. The van der Waals surface area contributed by atoms with E-state index in [1.54, 1.807) is 0 Å². The summed E-state index contributed by atoms with van der Waals surface area (Å²) in [6.45, 7) is 0. The molecule has 1 atom stereocenters. The second-order valence-corrected chi connectivity index (χ2v) is 5.16. The highest BCUT2D eigenvalue weighted by atomic mass is 16.5. The monoisotopic (exact) mass is 255 g/mol. The van der Waals surface area contributed by atoms with Crippen molar-refractivity contribution in [3.63, 3.8) is 0 Å². The van der Waals surface area contributed by atoms with Crippen LogP contribution in [0.5, 0.6) is 0 Å². The van der Waals surface area contributed by atoms with Crippen molar-refractivity contribution < 1.29 is 9.32 Å². The Hall–Kier alpha value is -2.17. The van der Waals surface area contributed by atoms with Gasteiger partial charge < -0.3 is 9.84 Å². The summed E-state index contributed by atoms with van der Waals surface area (Å²) in [4.78, 5) is 16.2. The van der Waals surface area contributed by atoms with Gasteiger partial charge in [-0.3, -0.25) is 4.79 Å². The van der Waals surface area contributed by atoms with Gasteiger partial charge >= 0.3 is 0 Å². The molecule has 19 heavy (non-hydrogen) atoms. The summed E-state index contributed by atoms with van der Waals surface area (Å²) in [5.41, 5.74) is 1.89. The average Bonchev–Trinajstić information content (AvgIpc) is 3.16. The van der Waals surface area contributed by atoms with Crippen LogP contribution in [0.3, 0.4) is 0 Å². The van der Waals surface area contributed by atoms with Crippen LogP contribution < -0.4 is 5.32 Å². The van der Waals surface area contributed by atoms with E-state index in [2.05, 4.69) is 15.5 Å². The zero-order valence-corrected chi connectivity index (χ0v) is 10.3. The molecule has 96 valence electrons. The van der Waals surface area contributed by atoms with E-state index in [0.717, 1.165) is 29.9 Å². The minimum absolute atomic E-state index is 0.00475. The maximum atomic E-state index is 11.8. The van der Waals surface area contributed by atoms with E-state index in [-0.39, 0.29) is 11.8 Å². The van der Waals surface area contributed by atoms with E-state index in [0.29, 0.717) is 18.2 Å². The standard InChI is InChI=1S/C14H13N3O2/c18-12-7-10(9-3-1-2-4-11(9)15-12)14-16-13(17-19-14)8-5-6-8/h1-4,8,10H,5-7H2,(H,15,18). The van der Waals surface area contributed by atoms with Crippen molar-refractivity contribution in [1.29, 1.82) is 0 Å². The van der Waals surface area contributed by atoms with Crippen LogP contribution in [0.25, 0.3) is 0 Å². The maximum Gasteiger partial charge on any atom is 0.234 e. The molecule has 1 N–H and O–H groups in total. The number of fused-ring (bicyclic) bond motifs is 1. The molecule has 2 heterocycles. The van der Waals surface area contributed by atoms with Crippen LogP contribution in [-0.2, 0) is 4.79 Å². The second kappa shape index (κ2) is 3.91. The van der Waals surface area contributed by atoms with Crippen molar-refractivity contribution in [1.82, 2.24) is 10.1 Å². The second-order valence-electron chi connectivity index (χ2n) is 5.16. The number of carbonyl (C=O) groups is 1. The number of hydrogen-bond donors (Lipinski definition) is 1. The van der Waals surface area contributed by atoms with Crippen LogP contribution in [0.2, 0.25) is 0 Å². The van der Waals surface area contributed by atoms with Gasteiger partial charge in [-0.2, -0.15) is 4.98 Å². The Morgan fingerprint density at radius 3 is 2.95 bits per heavy atom. The van der Waals surface area contributed by atoms with Crippen LogP contribution in [0.4, 0.5) is 5.69 Å². The molecule has 1 unspecified atom stereocenters. The van der Waals surface area contributed by atoms with Gasteiger partial charge in [0.2, 0.25) is 11.8 Å². The fourth-order valence-electron chi connectivity index (χ4n) is 2.53. The molecular weight excluding hydrogens is 242 g/mol. The number of amides is 1. The number of nitrogens with one attached hydrogen (secondary N) is 1. The lowest BCUT2D eigenvalue weighted by Crippen LogP contribution is -2.23. The summed E-state index contributed by atoms with van der Waals surface area (Å²) < 4.78 is 5.37. The minimum atomic E-state index is -0.120. The first-order valence-electron chi connectivity index (χ1n) is 6.53. The molecule has 2 aromatic rings. The first kappa shape index (κ1) is 10.7. The molecule has 0 spiro atoms. The molecule has 4 rings (SSSR count). The van der Waals surface area contributed by atoms with E-state index in [1.165, 1.54) is 0 Å². The summed E-state index contributed by atoms with van der Waals surface area (Å²) >= 11 is 0. The molecule has 1 aromatic heterocycles. The lowest BCUT2D eigenvalue weighted by molar-refractivity contribution is -0.116. The number of benzene rings is 1. The SMILES string of the molecule is O=C1CC(c2nc(C3CC3)no2)c2ccccc2N1. The number of hydrogen-bond acceptors (Lipinski definition) is 4. The summed E-state index contributed by atoms with van der Waals surface area (Å²) in [7, 11) is 0.